The highest BCUT2D eigenvalue weighted by Crippen LogP contribution is 2.29. The number of anilines is 1. The van der Waals surface area contributed by atoms with Gasteiger partial charge in [0.05, 0.1) is 11.9 Å². The van der Waals surface area contributed by atoms with E-state index in [0.29, 0.717) is 42.5 Å². The predicted octanol–water partition coefficient (Wildman–Crippen LogP) is 5.69. The average molecular weight is 572 g/mol. The number of benzene rings is 2. The zero-order valence-electron chi connectivity index (χ0n) is 23.4. The summed E-state index contributed by atoms with van der Waals surface area (Å²) in [5.74, 6) is 1.57. The van der Waals surface area contributed by atoms with Crippen molar-refractivity contribution in [2.45, 2.75) is 33.9 Å². The van der Waals surface area contributed by atoms with Crippen LogP contribution in [0.5, 0.6) is 11.5 Å². The van der Waals surface area contributed by atoms with Gasteiger partial charge in [0.1, 0.15) is 23.0 Å². The van der Waals surface area contributed by atoms with Gasteiger partial charge in [-0.25, -0.2) is 14.2 Å². The Kier molecular flexibility index (Phi) is 8.84. The van der Waals surface area contributed by atoms with Crippen LogP contribution >= 0.6 is 0 Å². The van der Waals surface area contributed by atoms with Crippen LogP contribution in [0.1, 0.15) is 29.8 Å². The number of hydrogen-bond acceptors (Lipinski definition) is 6. The summed E-state index contributed by atoms with van der Waals surface area (Å²) >= 11 is 0. The minimum atomic E-state index is -0.449. The van der Waals surface area contributed by atoms with E-state index in [2.05, 4.69) is 37.1 Å². The first-order valence-electron chi connectivity index (χ1n) is 13.9. The van der Waals surface area contributed by atoms with Crippen molar-refractivity contribution in [1.29, 1.82) is 0 Å². The number of H-pyrrole nitrogens is 1. The number of fused-ring (bicyclic) bond motifs is 1. The summed E-state index contributed by atoms with van der Waals surface area (Å²) in [6.07, 6.45) is 4.30. The van der Waals surface area contributed by atoms with Crippen molar-refractivity contribution in [3.8, 4) is 23.0 Å². The van der Waals surface area contributed by atoms with Crippen LogP contribution in [-0.4, -0.2) is 75.5 Å². The molecule has 0 unspecified atom stereocenters. The van der Waals surface area contributed by atoms with Gasteiger partial charge in [0.2, 0.25) is 0 Å². The molecule has 220 valence electrons. The molecule has 9 nitrogen and oxygen atoms in total. The Labute approximate surface area is 246 Å². The molecule has 1 fully saturated rings. The Balaban J connectivity index is 0.00000353. The molecule has 2 N–H and O–H groups in total. The molecule has 0 atom stereocenters. The van der Waals surface area contributed by atoms with E-state index in [9.17, 15) is 9.18 Å². The van der Waals surface area contributed by atoms with E-state index in [1.54, 1.807) is 23.2 Å². The smallest absolute Gasteiger partial charge is 0.322 e. The third-order valence-electron chi connectivity index (χ3n) is 7.67. The van der Waals surface area contributed by atoms with Crippen molar-refractivity contribution in [2.75, 3.05) is 45.1 Å². The third kappa shape index (κ3) is 6.78. The number of pyridine rings is 1. The minimum absolute atomic E-state index is 0. The molecule has 0 aliphatic carbocycles. The fourth-order valence-electron chi connectivity index (χ4n) is 5.26. The van der Waals surface area contributed by atoms with Gasteiger partial charge < -0.3 is 24.8 Å². The highest BCUT2D eigenvalue weighted by Gasteiger charge is 2.22. The minimum Gasteiger partial charge on any atom is -0.457 e. The number of amides is 2. The average Bonchev–Trinajstić information content (AvgIpc) is 3.44. The maximum absolute atomic E-state index is 14.2. The van der Waals surface area contributed by atoms with Gasteiger partial charge in [-0.1, -0.05) is 19.6 Å². The molecule has 6 rings (SSSR count). The van der Waals surface area contributed by atoms with Gasteiger partial charge in [0.15, 0.2) is 5.82 Å². The molecule has 0 spiro atoms. The number of nitrogens with zero attached hydrogens (tertiary/aromatic N) is 5. The summed E-state index contributed by atoms with van der Waals surface area (Å²) in [5.41, 5.74) is 5.01. The molecule has 0 saturated carbocycles. The van der Waals surface area contributed by atoms with Crippen LogP contribution in [0.3, 0.4) is 0 Å². The number of imidazole rings is 1. The molecule has 2 aliphatic heterocycles. The third-order valence-corrected chi connectivity index (χ3v) is 7.67. The van der Waals surface area contributed by atoms with E-state index in [-0.39, 0.29) is 19.1 Å². The zero-order chi connectivity index (χ0) is 28.3. The molecular weight excluding hydrogens is 533 g/mol. The summed E-state index contributed by atoms with van der Waals surface area (Å²) in [5, 5.41) is 2.71. The maximum atomic E-state index is 14.2. The number of ether oxygens (including phenoxy) is 1. The van der Waals surface area contributed by atoms with E-state index < -0.39 is 5.82 Å². The number of likely N-dealkylation sites (N-methyl/N-ethyl adjacent to an activating group) is 1. The number of nitrogens with one attached hydrogen (secondary N) is 2. The molecular formula is C32H38FN7O2. The first-order valence-corrected chi connectivity index (χ1v) is 13.9. The van der Waals surface area contributed by atoms with Crippen LogP contribution in [0, 0.1) is 12.7 Å². The van der Waals surface area contributed by atoms with Gasteiger partial charge in [0, 0.05) is 63.8 Å². The normalized spacial score (nSPS) is 15.5. The monoisotopic (exact) mass is 571 g/mol. The number of piperazine rings is 1. The fourth-order valence-corrected chi connectivity index (χ4v) is 5.26. The molecule has 10 heteroatoms. The molecule has 2 amide bonds. The van der Waals surface area contributed by atoms with E-state index in [1.807, 2.05) is 43.5 Å². The quantitative estimate of drug-likeness (QED) is 0.309. The number of carbonyl (C=O) groups excluding carboxylic acids is 1. The number of aromatic amines is 1. The second kappa shape index (κ2) is 12.7. The first-order chi connectivity index (χ1) is 19.9. The Bertz CT molecular complexity index is 1550. The van der Waals surface area contributed by atoms with Crippen molar-refractivity contribution < 1.29 is 13.9 Å². The second-order valence-corrected chi connectivity index (χ2v) is 10.8. The molecule has 2 aliphatic rings. The molecule has 2 aromatic heterocycles. The van der Waals surface area contributed by atoms with Crippen molar-refractivity contribution in [3.63, 3.8) is 0 Å². The number of halogens is 1. The Morgan fingerprint density at radius 1 is 1.00 bits per heavy atom. The number of urea groups is 1. The lowest BCUT2D eigenvalue weighted by atomic mass is 10.00. The molecule has 0 radical (unpaired) electrons. The highest BCUT2D eigenvalue weighted by atomic mass is 19.1. The van der Waals surface area contributed by atoms with E-state index in [1.165, 1.54) is 11.6 Å². The fraction of sp³-hybridized carbons (Fsp3) is 0.344. The Morgan fingerprint density at radius 3 is 2.64 bits per heavy atom. The van der Waals surface area contributed by atoms with Gasteiger partial charge >= 0.3 is 6.03 Å². The second-order valence-electron chi connectivity index (χ2n) is 10.8. The van der Waals surface area contributed by atoms with Crippen molar-refractivity contribution in [3.05, 3.63) is 89.1 Å². The molecule has 42 heavy (non-hydrogen) atoms. The lowest BCUT2D eigenvalue weighted by Gasteiger charge is -2.31. The summed E-state index contributed by atoms with van der Waals surface area (Å²) < 4.78 is 20.4. The number of carbonyl (C=O) groups is 1. The van der Waals surface area contributed by atoms with Crippen LogP contribution in [0.15, 0.2) is 60.9 Å². The van der Waals surface area contributed by atoms with Crippen molar-refractivity contribution in [2.24, 2.45) is 0 Å². The molecule has 2 aromatic carbocycles. The van der Waals surface area contributed by atoms with Gasteiger partial charge in [-0.3, -0.25) is 9.88 Å². The van der Waals surface area contributed by atoms with Crippen LogP contribution in [0.4, 0.5) is 14.9 Å². The van der Waals surface area contributed by atoms with Crippen molar-refractivity contribution >= 4 is 11.7 Å². The van der Waals surface area contributed by atoms with E-state index in [0.717, 1.165) is 49.5 Å². The van der Waals surface area contributed by atoms with Gasteiger partial charge in [-0.15, -0.1) is 0 Å². The van der Waals surface area contributed by atoms with Crippen molar-refractivity contribution in [1.82, 2.24) is 29.7 Å². The van der Waals surface area contributed by atoms with E-state index >= 15 is 0 Å². The maximum Gasteiger partial charge on any atom is 0.322 e. The summed E-state index contributed by atoms with van der Waals surface area (Å²) in [7, 11) is 2.15. The SMILES string of the molecule is C.Cc1ccc(F)c(NC(=O)N2CCc3ccc(Oc4ccnc(-c5ncc(CN6CCN(C)CC6)[nH]5)c4)cc3C2)c1. The molecule has 1 saturated heterocycles. The zero-order valence-corrected chi connectivity index (χ0v) is 23.4. The van der Waals surface area contributed by atoms with Crippen LogP contribution < -0.4 is 10.1 Å². The van der Waals surface area contributed by atoms with Gasteiger partial charge in [-0.05, 0) is 67.4 Å². The van der Waals surface area contributed by atoms with Crippen LogP contribution in [0.25, 0.3) is 11.5 Å². The summed E-state index contributed by atoms with van der Waals surface area (Å²) in [6.45, 7) is 7.90. The molecule has 0 bridgehead atoms. The summed E-state index contributed by atoms with van der Waals surface area (Å²) in [6, 6.07) is 14.0. The predicted molar refractivity (Wildman–Crippen MR) is 162 cm³/mol. The largest absolute Gasteiger partial charge is 0.457 e. The number of hydrogen-bond donors (Lipinski definition) is 2. The topological polar surface area (TPSA) is 89.6 Å². The first kappa shape index (κ1) is 29.2. The van der Waals surface area contributed by atoms with Crippen LogP contribution in [-0.2, 0) is 19.5 Å². The summed E-state index contributed by atoms with van der Waals surface area (Å²) in [4.78, 5) is 31.8. The molecule has 4 aromatic rings. The number of aromatic nitrogens is 3. The van der Waals surface area contributed by atoms with Crippen LogP contribution in [0.2, 0.25) is 0 Å². The van der Waals surface area contributed by atoms with E-state index in [4.69, 9.17) is 4.74 Å². The van der Waals surface area contributed by atoms with Gasteiger partial charge in [-0.2, -0.15) is 0 Å². The Morgan fingerprint density at radius 2 is 1.81 bits per heavy atom. The highest BCUT2D eigenvalue weighted by molar-refractivity contribution is 5.89. The Hall–Kier alpha value is -4.28. The lowest BCUT2D eigenvalue weighted by molar-refractivity contribution is 0.147. The van der Waals surface area contributed by atoms with Gasteiger partial charge in [0.25, 0.3) is 0 Å². The number of aryl methyl sites for hydroxylation is 1. The molecule has 4 heterocycles. The number of rotatable bonds is 6. The lowest BCUT2D eigenvalue weighted by Crippen LogP contribution is -2.43. The standard InChI is InChI=1S/C31H34FN7O2.CH4/c1-21-3-6-27(32)28(15-21)36-31(40)39-10-8-22-4-5-25(16-23(22)19-39)41-26-7-9-33-29(17-26)30-34-18-24(35-30)20-38-13-11-37(2)12-14-38;/h3-7,9,15-18H,8,10-14,19-20H2,1-2H3,(H,34,35)(H,36,40);1H4.